The van der Waals surface area contributed by atoms with Crippen molar-refractivity contribution in [3.63, 3.8) is 0 Å². The molecule has 0 aliphatic carbocycles. The van der Waals surface area contributed by atoms with Crippen molar-refractivity contribution in [3.8, 4) is 52.2 Å². The predicted octanol–water partition coefficient (Wildman–Crippen LogP) is 11.8. The molecule has 0 aliphatic rings. The molecule has 0 spiro atoms. The van der Waals surface area contributed by atoms with Crippen LogP contribution in [0.3, 0.4) is 0 Å². The monoisotopic (exact) mass is 728 g/mol. The van der Waals surface area contributed by atoms with E-state index < -0.39 is 0 Å². The highest BCUT2D eigenvalue weighted by molar-refractivity contribution is 6.09. The summed E-state index contributed by atoms with van der Waals surface area (Å²) in [5, 5.41) is 2.01. The van der Waals surface area contributed by atoms with Crippen LogP contribution >= 0.6 is 0 Å². The summed E-state index contributed by atoms with van der Waals surface area (Å²) in [5.74, 6) is 5.90. The van der Waals surface area contributed by atoms with Crippen LogP contribution in [-0.2, 0) is 0 Å². The molecule has 4 aromatic carbocycles. The third-order valence-corrected chi connectivity index (χ3v) is 9.23. The van der Waals surface area contributed by atoms with Crippen molar-refractivity contribution in [2.75, 3.05) is 0 Å². The van der Waals surface area contributed by atoms with Crippen LogP contribution in [0.1, 0.15) is 61.8 Å². The Balaban J connectivity index is 1.17. The molecule has 0 saturated heterocycles. The molecule has 4 aromatic heterocycles. The van der Waals surface area contributed by atoms with Gasteiger partial charge in [-0.05, 0) is 109 Å². The number of nitrogens with zero attached hydrogens (tertiary/aromatic N) is 6. The van der Waals surface area contributed by atoms with Gasteiger partial charge in [0.2, 0.25) is 17.7 Å². The maximum atomic E-state index is 6.55. The van der Waals surface area contributed by atoms with Gasteiger partial charge in [0.05, 0.1) is 11.0 Å². The van der Waals surface area contributed by atoms with Gasteiger partial charge in [-0.15, -0.1) is 0 Å². The second-order valence-corrected chi connectivity index (χ2v) is 14.2. The van der Waals surface area contributed by atoms with Crippen LogP contribution in [0.25, 0.3) is 27.8 Å². The van der Waals surface area contributed by atoms with Crippen LogP contribution in [0.4, 0.5) is 0 Å². The highest BCUT2D eigenvalue weighted by atomic mass is 16.5. The number of fused-ring (bicyclic) bond motifs is 3. The molecule has 4 heterocycles. The van der Waals surface area contributed by atoms with Gasteiger partial charge in [0.15, 0.2) is 0 Å². The number of ether oxygens (including phenoxy) is 4. The summed E-state index contributed by atoms with van der Waals surface area (Å²) in [6.45, 7) is 12.6. The van der Waals surface area contributed by atoms with Crippen LogP contribution in [-0.4, -0.2) is 29.5 Å². The molecule has 0 fully saturated rings. The lowest BCUT2D eigenvalue weighted by atomic mass is 10.0. The van der Waals surface area contributed by atoms with Gasteiger partial charge in [-0.3, -0.25) is 4.57 Å². The minimum absolute atomic E-state index is 0.249. The number of pyridine rings is 2. The van der Waals surface area contributed by atoms with Crippen LogP contribution in [0.15, 0.2) is 122 Å². The second-order valence-electron chi connectivity index (χ2n) is 14.2. The molecule has 0 radical (unpaired) electrons. The van der Waals surface area contributed by atoms with E-state index >= 15 is 0 Å². The molecule has 0 atom stereocenters. The maximum absolute atomic E-state index is 6.55. The van der Waals surface area contributed by atoms with E-state index in [4.69, 9.17) is 18.9 Å². The molecule has 10 heteroatoms. The van der Waals surface area contributed by atoms with Gasteiger partial charge in [-0.1, -0.05) is 27.7 Å². The SMILES string of the molecule is Cc1ccnc(Oc2cc(Oc3ccc4c5ccc(Oc6cc(Oc7cc(C)ccn7)cc(C(C)C)c6)cc5n(-c5ncncn5)c4c3)cc(C(C)C)c2)c1. The molecule has 10 nitrogen and oxygen atoms in total. The Kier molecular flexibility index (Phi) is 9.55. The molecular weight excluding hydrogens is 689 g/mol. The van der Waals surface area contributed by atoms with E-state index in [9.17, 15) is 0 Å². The molecule has 0 saturated carbocycles. The fraction of sp³-hybridized carbons (Fsp3) is 0.178. The number of rotatable bonds is 11. The van der Waals surface area contributed by atoms with Crippen LogP contribution in [0.5, 0.6) is 46.3 Å². The third-order valence-electron chi connectivity index (χ3n) is 9.23. The van der Waals surface area contributed by atoms with E-state index in [1.807, 2.05) is 103 Å². The van der Waals surface area contributed by atoms with E-state index in [-0.39, 0.29) is 11.8 Å². The minimum Gasteiger partial charge on any atom is -0.457 e. The number of aromatic nitrogens is 6. The zero-order valence-electron chi connectivity index (χ0n) is 31.5. The Bertz CT molecular complexity index is 2490. The first kappa shape index (κ1) is 35.2. The van der Waals surface area contributed by atoms with Gasteiger partial charge in [0.1, 0.15) is 47.2 Å². The van der Waals surface area contributed by atoms with Crippen molar-refractivity contribution in [1.29, 1.82) is 0 Å². The molecule has 55 heavy (non-hydrogen) atoms. The standard InChI is InChI=1S/C45H40N6O4/c1-27(2)31-17-35(21-37(19-31)54-43-15-29(5)11-13-47-43)52-33-7-9-39-40-10-8-34(24-42(40)51(41(39)23-33)45-49-25-46-26-50-45)53-36-18-32(28(3)4)20-38(22-36)55-44-16-30(6)12-14-48-44/h7-28H,1-6H3. The Morgan fingerprint density at radius 3 is 1.31 bits per heavy atom. The van der Waals surface area contributed by atoms with E-state index in [0.717, 1.165) is 44.1 Å². The van der Waals surface area contributed by atoms with Crippen molar-refractivity contribution in [2.24, 2.45) is 0 Å². The summed E-state index contributed by atoms with van der Waals surface area (Å²) in [4.78, 5) is 21.9. The predicted molar refractivity (Wildman–Crippen MR) is 213 cm³/mol. The van der Waals surface area contributed by atoms with Crippen molar-refractivity contribution in [3.05, 3.63) is 144 Å². The minimum atomic E-state index is 0.249. The summed E-state index contributed by atoms with van der Waals surface area (Å²) in [6, 6.07) is 31.6. The molecule has 0 aliphatic heterocycles. The maximum Gasteiger partial charge on any atom is 0.237 e. The molecule has 0 N–H and O–H groups in total. The van der Waals surface area contributed by atoms with E-state index in [1.165, 1.54) is 12.7 Å². The fourth-order valence-corrected chi connectivity index (χ4v) is 6.40. The first-order chi connectivity index (χ1) is 26.6. The van der Waals surface area contributed by atoms with Crippen molar-refractivity contribution < 1.29 is 18.9 Å². The second kappa shape index (κ2) is 14.9. The topological polar surface area (TPSA) is 106 Å². The summed E-state index contributed by atoms with van der Waals surface area (Å²) < 4.78 is 27.5. The molecule has 8 rings (SSSR count). The summed E-state index contributed by atoms with van der Waals surface area (Å²) in [5.41, 5.74) is 6.02. The van der Waals surface area contributed by atoms with Gasteiger partial charge < -0.3 is 18.9 Å². The number of hydrogen-bond donors (Lipinski definition) is 0. The van der Waals surface area contributed by atoms with Crippen LogP contribution in [0, 0.1) is 13.8 Å². The summed E-state index contributed by atoms with van der Waals surface area (Å²) in [6.07, 6.45) is 6.46. The highest BCUT2D eigenvalue weighted by Crippen LogP contribution is 2.39. The van der Waals surface area contributed by atoms with E-state index in [0.29, 0.717) is 52.2 Å². The normalized spacial score (nSPS) is 11.4. The highest BCUT2D eigenvalue weighted by Gasteiger charge is 2.18. The molecule has 0 unspecified atom stereocenters. The summed E-state index contributed by atoms with van der Waals surface area (Å²) in [7, 11) is 0. The Labute approximate surface area is 319 Å². The van der Waals surface area contributed by atoms with Crippen molar-refractivity contribution >= 4 is 21.8 Å². The first-order valence-electron chi connectivity index (χ1n) is 18.2. The molecule has 0 amide bonds. The molecule has 0 bridgehead atoms. The number of benzene rings is 4. The lowest BCUT2D eigenvalue weighted by molar-refractivity contribution is 0.446. The van der Waals surface area contributed by atoms with Crippen molar-refractivity contribution in [1.82, 2.24) is 29.5 Å². The quantitative estimate of drug-likeness (QED) is 0.129. The first-order valence-corrected chi connectivity index (χ1v) is 18.2. The lowest BCUT2D eigenvalue weighted by Crippen LogP contribution is -2.01. The Morgan fingerprint density at radius 1 is 0.455 bits per heavy atom. The zero-order chi connectivity index (χ0) is 38.1. The van der Waals surface area contributed by atoms with Gasteiger partial charge in [-0.2, -0.15) is 0 Å². The van der Waals surface area contributed by atoms with Gasteiger partial charge >= 0.3 is 0 Å². The Hall–Kier alpha value is -6.81. The van der Waals surface area contributed by atoms with Gasteiger partial charge in [-0.25, -0.2) is 24.9 Å². The smallest absolute Gasteiger partial charge is 0.237 e. The van der Waals surface area contributed by atoms with E-state index in [2.05, 4.69) is 64.7 Å². The van der Waals surface area contributed by atoms with Gasteiger partial charge in [0, 0.05) is 59.6 Å². The average molecular weight is 729 g/mol. The molecule has 274 valence electrons. The lowest BCUT2D eigenvalue weighted by Gasteiger charge is -2.14. The van der Waals surface area contributed by atoms with E-state index in [1.54, 1.807) is 12.4 Å². The van der Waals surface area contributed by atoms with Gasteiger partial charge in [0.25, 0.3) is 0 Å². The number of aryl methyl sites for hydroxylation is 2. The fourth-order valence-electron chi connectivity index (χ4n) is 6.40. The molecular formula is C45H40N6O4. The average Bonchev–Trinajstić information content (AvgIpc) is 3.47. The molecule has 8 aromatic rings. The Morgan fingerprint density at radius 2 is 0.891 bits per heavy atom. The third kappa shape index (κ3) is 7.79. The largest absolute Gasteiger partial charge is 0.457 e. The van der Waals surface area contributed by atoms with Crippen LogP contribution < -0.4 is 18.9 Å². The summed E-state index contributed by atoms with van der Waals surface area (Å²) >= 11 is 0. The number of hydrogen-bond acceptors (Lipinski definition) is 9. The van der Waals surface area contributed by atoms with Crippen LogP contribution in [0.2, 0.25) is 0 Å². The van der Waals surface area contributed by atoms with Crippen molar-refractivity contribution in [2.45, 2.75) is 53.4 Å². The zero-order valence-corrected chi connectivity index (χ0v) is 31.5.